The third-order valence-corrected chi connectivity index (χ3v) is 4.57. The fourth-order valence-corrected chi connectivity index (χ4v) is 3.46. The molecule has 1 heterocycles. The molecular formula is C20H19F3N2O2. The van der Waals surface area contributed by atoms with E-state index in [1.807, 2.05) is 0 Å². The van der Waals surface area contributed by atoms with Gasteiger partial charge in [0.15, 0.2) is 0 Å². The summed E-state index contributed by atoms with van der Waals surface area (Å²) in [6, 6.07) is 12.2. The van der Waals surface area contributed by atoms with Crippen LogP contribution >= 0.6 is 0 Å². The Morgan fingerprint density at radius 3 is 2.41 bits per heavy atom. The second-order valence-corrected chi connectivity index (χ2v) is 6.31. The lowest BCUT2D eigenvalue weighted by Gasteiger charge is -2.32. The van der Waals surface area contributed by atoms with Crippen LogP contribution in [0.15, 0.2) is 53.5 Å². The van der Waals surface area contributed by atoms with Crippen LogP contribution in [0.4, 0.5) is 18.9 Å². The van der Waals surface area contributed by atoms with Crippen LogP contribution in [0, 0.1) is 5.92 Å². The molecule has 0 saturated carbocycles. The van der Waals surface area contributed by atoms with Crippen LogP contribution in [0.3, 0.4) is 0 Å². The van der Waals surface area contributed by atoms with E-state index in [1.54, 1.807) is 31.2 Å². The number of hydrogen-bond donors (Lipinski definition) is 1. The highest BCUT2D eigenvalue weighted by Crippen LogP contribution is 2.46. The number of nitrogens with zero attached hydrogens (tertiary/aromatic N) is 1. The van der Waals surface area contributed by atoms with Crippen LogP contribution in [0.25, 0.3) is 0 Å². The van der Waals surface area contributed by atoms with Gasteiger partial charge in [-0.25, -0.2) is 0 Å². The molecule has 0 spiro atoms. The normalized spacial score (nSPS) is 19.2. The second-order valence-electron chi connectivity index (χ2n) is 6.31. The first-order valence-electron chi connectivity index (χ1n) is 8.51. The predicted molar refractivity (Wildman–Crippen MR) is 96.0 cm³/mol. The Bertz CT molecular complexity index is 878. The number of carbonyl (C=O) groups excluding carboxylic acids is 1. The van der Waals surface area contributed by atoms with Gasteiger partial charge in [-0.3, -0.25) is 9.79 Å². The number of benzene rings is 2. The highest BCUT2D eigenvalue weighted by molar-refractivity contribution is 6.05. The van der Waals surface area contributed by atoms with Crippen LogP contribution < -0.4 is 5.73 Å². The zero-order valence-corrected chi connectivity index (χ0v) is 14.7. The first-order chi connectivity index (χ1) is 12.8. The minimum absolute atomic E-state index is 0.00209. The van der Waals surface area contributed by atoms with Gasteiger partial charge in [-0.1, -0.05) is 36.4 Å². The highest BCUT2D eigenvalue weighted by Gasteiger charge is 2.43. The maximum atomic E-state index is 13.6. The first-order valence-corrected chi connectivity index (χ1v) is 8.51. The van der Waals surface area contributed by atoms with Crippen molar-refractivity contribution in [1.82, 2.24) is 0 Å². The highest BCUT2D eigenvalue weighted by atomic mass is 19.4. The van der Waals surface area contributed by atoms with Crippen molar-refractivity contribution in [3.63, 3.8) is 0 Å². The number of rotatable bonds is 4. The van der Waals surface area contributed by atoms with E-state index in [4.69, 9.17) is 10.5 Å². The minimum Gasteiger partial charge on any atom is -0.464 e. The lowest BCUT2D eigenvalue weighted by molar-refractivity contribution is -0.147. The standard InChI is InChI=1S/C20H19F3N2O2/c1-12-17(19(26)27-11-10-24)18(14-7-3-5-9-16(14)25-12)13-6-2-4-8-15(13)20(21,22)23/h2-9,17-18H,10-11,24H2,1H3. The Morgan fingerprint density at radius 2 is 1.74 bits per heavy atom. The maximum Gasteiger partial charge on any atom is 0.416 e. The Kier molecular flexibility index (Phi) is 5.32. The van der Waals surface area contributed by atoms with Crippen LogP contribution in [-0.4, -0.2) is 24.8 Å². The maximum absolute atomic E-state index is 13.6. The van der Waals surface area contributed by atoms with E-state index in [-0.39, 0.29) is 18.7 Å². The van der Waals surface area contributed by atoms with E-state index in [2.05, 4.69) is 4.99 Å². The predicted octanol–water partition coefficient (Wildman–Crippen LogP) is 4.06. The van der Waals surface area contributed by atoms with Crippen molar-refractivity contribution >= 4 is 17.4 Å². The third kappa shape index (κ3) is 3.73. The van der Waals surface area contributed by atoms with Crippen molar-refractivity contribution in [1.29, 1.82) is 0 Å². The lowest BCUT2D eigenvalue weighted by Crippen LogP contribution is -2.35. The summed E-state index contributed by atoms with van der Waals surface area (Å²) in [6.07, 6.45) is -4.54. The first kappa shape index (κ1) is 19.1. The molecule has 0 saturated heterocycles. The van der Waals surface area contributed by atoms with Crippen molar-refractivity contribution in [2.45, 2.75) is 19.0 Å². The average Bonchev–Trinajstić information content (AvgIpc) is 2.64. The van der Waals surface area contributed by atoms with E-state index in [0.29, 0.717) is 17.0 Å². The van der Waals surface area contributed by atoms with E-state index >= 15 is 0 Å². The van der Waals surface area contributed by atoms with Crippen molar-refractivity contribution in [3.8, 4) is 0 Å². The largest absolute Gasteiger partial charge is 0.464 e. The van der Waals surface area contributed by atoms with E-state index in [0.717, 1.165) is 6.07 Å². The van der Waals surface area contributed by atoms with Crippen LogP contribution in [-0.2, 0) is 15.7 Å². The third-order valence-electron chi connectivity index (χ3n) is 4.57. The number of aliphatic imine (C=N–C) groups is 1. The topological polar surface area (TPSA) is 64.7 Å². The summed E-state index contributed by atoms with van der Waals surface area (Å²) in [5.41, 5.74) is 6.18. The van der Waals surface area contributed by atoms with Gasteiger partial charge in [0.05, 0.1) is 11.3 Å². The molecule has 2 unspecified atom stereocenters. The number of halogens is 3. The molecule has 3 rings (SSSR count). The van der Waals surface area contributed by atoms with Gasteiger partial charge in [-0.2, -0.15) is 13.2 Å². The molecule has 1 aliphatic heterocycles. The Hall–Kier alpha value is -2.67. The second kappa shape index (κ2) is 7.52. The SMILES string of the molecule is CC1=Nc2ccccc2C(c2ccccc2C(F)(F)F)C1C(=O)OCCN. The molecule has 2 aromatic carbocycles. The number of fused-ring (bicyclic) bond motifs is 1. The van der Waals surface area contributed by atoms with Gasteiger partial charge in [0.25, 0.3) is 0 Å². The Balaban J connectivity index is 2.20. The zero-order valence-electron chi connectivity index (χ0n) is 14.7. The molecule has 0 aliphatic carbocycles. The van der Waals surface area contributed by atoms with Crippen LogP contribution in [0.1, 0.15) is 29.5 Å². The minimum atomic E-state index is -4.54. The molecule has 7 heteroatoms. The number of esters is 1. The van der Waals surface area contributed by atoms with E-state index in [9.17, 15) is 18.0 Å². The quantitative estimate of drug-likeness (QED) is 0.819. The van der Waals surface area contributed by atoms with Crippen LogP contribution in [0.2, 0.25) is 0 Å². The van der Waals surface area contributed by atoms with Gasteiger partial charge in [-0.15, -0.1) is 0 Å². The number of ether oxygens (including phenoxy) is 1. The molecule has 27 heavy (non-hydrogen) atoms. The van der Waals surface area contributed by atoms with Gasteiger partial charge in [0.2, 0.25) is 0 Å². The number of para-hydroxylation sites is 1. The monoisotopic (exact) mass is 376 g/mol. The van der Waals surface area contributed by atoms with E-state index in [1.165, 1.54) is 18.2 Å². The fourth-order valence-electron chi connectivity index (χ4n) is 3.46. The molecular weight excluding hydrogens is 357 g/mol. The molecule has 0 bridgehead atoms. The number of carbonyl (C=O) groups is 1. The van der Waals surface area contributed by atoms with Gasteiger partial charge in [-0.05, 0) is 30.2 Å². The molecule has 2 aromatic rings. The molecule has 0 fully saturated rings. The zero-order chi connectivity index (χ0) is 19.6. The molecule has 0 aromatic heterocycles. The molecule has 0 amide bonds. The summed E-state index contributed by atoms with van der Waals surface area (Å²) >= 11 is 0. The average molecular weight is 376 g/mol. The summed E-state index contributed by atoms with van der Waals surface area (Å²) in [7, 11) is 0. The molecule has 142 valence electrons. The van der Waals surface area contributed by atoms with Crippen molar-refractivity contribution in [2.75, 3.05) is 13.2 Å². The number of hydrogen-bond acceptors (Lipinski definition) is 4. The van der Waals surface area contributed by atoms with Gasteiger partial charge < -0.3 is 10.5 Å². The van der Waals surface area contributed by atoms with Crippen molar-refractivity contribution < 1.29 is 22.7 Å². The fraction of sp³-hybridized carbons (Fsp3) is 0.300. The summed E-state index contributed by atoms with van der Waals surface area (Å²) in [5, 5.41) is 0. The molecule has 0 radical (unpaired) electrons. The summed E-state index contributed by atoms with van der Waals surface area (Å²) < 4.78 is 46.1. The molecule has 4 nitrogen and oxygen atoms in total. The summed E-state index contributed by atoms with van der Waals surface area (Å²) in [6.45, 7) is 1.76. The summed E-state index contributed by atoms with van der Waals surface area (Å²) in [5.74, 6) is -2.42. The molecule has 2 atom stereocenters. The van der Waals surface area contributed by atoms with Crippen LogP contribution in [0.5, 0.6) is 0 Å². The molecule has 2 N–H and O–H groups in total. The van der Waals surface area contributed by atoms with Gasteiger partial charge in [0, 0.05) is 18.2 Å². The Morgan fingerprint density at radius 1 is 1.11 bits per heavy atom. The number of alkyl halides is 3. The Labute approximate surface area is 154 Å². The van der Waals surface area contributed by atoms with Crippen molar-refractivity contribution in [2.24, 2.45) is 16.6 Å². The summed E-state index contributed by atoms with van der Waals surface area (Å²) in [4.78, 5) is 17.1. The molecule has 1 aliphatic rings. The van der Waals surface area contributed by atoms with Gasteiger partial charge >= 0.3 is 12.1 Å². The number of nitrogens with two attached hydrogens (primary N) is 1. The van der Waals surface area contributed by atoms with Gasteiger partial charge in [0.1, 0.15) is 12.5 Å². The van der Waals surface area contributed by atoms with Crippen molar-refractivity contribution in [3.05, 3.63) is 65.2 Å². The lowest BCUT2D eigenvalue weighted by atomic mass is 9.74. The van der Waals surface area contributed by atoms with E-state index < -0.39 is 29.5 Å². The smallest absolute Gasteiger partial charge is 0.416 e.